The molecule has 31 heavy (non-hydrogen) atoms. The van der Waals surface area contributed by atoms with Gasteiger partial charge in [0.15, 0.2) is 0 Å². The highest BCUT2D eigenvalue weighted by atomic mass is 32.2. The van der Waals surface area contributed by atoms with Crippen LogP contribution in [0.3, 0.4) is 0 Å². The normalized spacial score (nSPS) is 14.4. The molecular formula is C26H31N3OS. The Morgan fingerprint density at radius 3 is 2.42 bits per heavy atom. The second kappa shape index (κ2) is 10.5. The van der Waals surface area contributed by atoms with Gasteiger partial charge in [0, 0.05) is 21.9 Å². The van der Waals surface area contributed by atoms with Crippen LogP contribution < -0.4 is 5.32 Å². The molecule has 5 heteroatoms. The highest BCUT2D eigenvalue weighted by molar-refractivity contribution is 7.99. The third-order valence-corrected chi connectivity index (χ3v) is 6.10. The van der Waals surface area contributed by atoms with Gasteiger partial charge in [0.25, 0.3) is 0 Å². The van der Waals surface area contributed by atoms with Crippen molar-refractivity contribution in [1.29, 1.82) is 5.41 Å². The molecule has 0 fully saturated rings. The maximum absolute atomic E-state index is 8.52. The fraction of sp³-hybridized carbons (Fsp3) is 0.308. The number of allylic oxidation sites excluding steroid dienone is 2. The maximum atomic E-state index is 8.52. The Balaban J connectivity index is 1.86. The van der Waals surface area contributed by atoms with Crippen LogP contribution in [0.15, 0.2) is 81.6 Å². The van der Waals surface area contributed by atoms with Gasteiger partial charge < -0.3 is 15.5 Å². The van der Waals surface area contributed by atoms with Crippen LogP contribution in [0.2, 0.25) is 0 Å². The first-order valence-corrected chi connectivity index (χ1v) is 11.5. The van der Waals surface area contributed by atoms with E-state index < -0.39 is 0 Å². The van der Waals surface area contributed by atoms with E-state index >= 15 is 0 Å². The molecule has 3 rings (SSSR count). The number of aryl methyl sites for hydroxylation is 1. The van der Waals surface area contributed by atoms with Crippen molar-refractivity contribution in [3.8, 4) is 0 Å². The first kappa shape index (κ1) is 22.9. The summed E-state index contributed by atoms with van der Waals surface area (Å²) >= 11 is 1.85. The predicted octanol–water partition coefficient (Wildman–Crippen LogP) is 5.97. The van der Waals surface area contributed by atoms with Crippen LogP contribution in [-0.2, 0) is 11.2 Å². The Morgan fingerprint density at radius 1 is 1.16 bits per heavy atom. The van der Waals surface area contributed by atoms with E-state index in [4.69, 9.17) is 15.1 Å². The van der Waals surface area contributed by atoms with Gasteiger partial charge in [-0.15, -0.1) is 11.8 Å². The number of methoxy groups -OCH3 is 1. The molecule has 0 atom stereocenters. The maximum Gasteiger partial charge on any atom is 0.148 e. The molecule has 0 saturated heterocycles. The van der Waals surface area contributed by atoms with E-state index in [2.05, 4.69) is 62.5 Å². The summed E-state index contributed by atoms with van der Waals surface area (Å²) in [6.45, 7) is 9.17. The molecule has 0 unspecified atom stereocenters. The number of rotatable bonds is 8. The molecule has 2 aromatic carbocycles. The van der Waals surface area contributed by atoms with Crippen LogP contribution in [0.25, 0.3) is 0 Å². The predicted molar refractivity (Wildman–Crippen MR) is 132 cm³/mol. The number of thioether (sulfide) groups is 1. The van der Waals surface area contributed by atoms with Gasteiger partial charge in [-0.1, -0.05) is 57.2 Å². The average molecular weight is 434 g/mol. The van der Waals surface area contributed by atoms with E-state index in [9.17, 15) is 0 Å². The fourth-order valence-electron chi connectivity index (χ4n) is 3.32. The van der Waals surface area contributed by atoms with Gasteiger partial charge in [-0.05, 0) is 42.2 Å². The number of benzene rings is 2. The Morgan fingerprint density at radius 2 is 1.84 bits per heavy atom. The lowest BCUT2D eigenvalue weighted by atomic mass is 10.0. The van der Waals surface area contributed by atoms with Gasteiger partial charge in [0.1, 0.15) is 11.5 Å². The summed E-state index contributed by atoms with van der Waals surface area (Å²) in [6, 6.07) is 16.6. The first-order valence-electron chi connectivity index (χ1n) is 10.6. The lowest BCUT2D eigenvalue weighted by molar-refractivity contribution is 0.299. The number of hydrogen-bond acceptors (Lipinski definition) is 5. The topological polar surface area (TPSA) is 57.5 Å². The van der Waals surface area contributed by atoms with Gasteiger partial charge in [-0.2, -0.15) is 0 Å². The van der Waals surface area contributed by atoms with Crippen LogP contribution >= 0.6 is 11.8 Å². The molecule has 0 amide bonds. The Kier molecular flexibility index (Phi) is 7.75. The fourth-order valence-corrected chi connectivity index (χ4v) is 4.16. The molecule has 0 aliphatic carbocycles. The number of aliphatic imine (C=N–C) groups is 1. The van der Waals surface area contributed by atoms with Crippen molar-refractivity contribution in [2.24, 2.45) is 4.99 Å². The first-order chi connectivity index (χ1) is 14.9. The zero-order chi connectivity index (χ0) is 22.4. The van der Waals surface area contributed by atoms with Gasteiger partial charge in [0.2, 0.25) is 0 Å². The molecule has 1 heterocycles. The quantitative estimate of drug-likeness (QED) is 0.306. The molecular weight excluding hydrogens is 402 g/mol. The lowest BCUT2D eigenvalue weighted by Gasteiger charge is -2.21. The standard InChI is InChI=1S/C26H31N3OS/c1-6-19-7-9-20(10-8-19)23(27)15-25(30-5)26-18(4)28-16-24(29-26)21-11-13-22(14-12-21)31-17(2)3/h7-15,17,27-28H,6,16H2,1-5H3/b25-15-,27-23?. The number of nitrogens with one attached hydrogen (secondary N) is 2. The van der Waals surface area contributed by atoms with E-state index in [0.717, 1.165) is 34.7 Å². The van der Waals surface area contributed by atoms with Crippen molar-refractivity contribution in [3.63, 3.8) is 0 Å². The van der Waals surface area contributed by atoms with Gasteiger partial charge in [-0.3, -0.25) is 0 Å². The second-order valence-electron chi connectivity index (χ2n) is 7.75. The zero-order valence-electron chi connectivity index (χ0n) is 19.0. The third-order valence-electron chi connectivity index (χ3n) is 5.08. The largest absolute Gasteiger partial charge is 0.494 e. The Bertz CT molecular complexity index is 1020. The molecule has 4 nitrogen and oxygen atoms in total. The minimum absolute atomic E-state index is 0.400. The molecule has 0 radical (unpaired) electrons. The summed E-state index contributed by atoms with van der Waals surface area (Å²) in [6.07, 6.45) is 2.73. The van der Waals surface area contributed by atoms with Gasteiger partial charge in [0.05, 0.1) is 25.1 Å². The summed E-state index contributed by atoms with van der Waals surface area (Å²) in [7, 11) is 1.63. The van der Waals surface area contributed by atoms with Crippen molar-refractivity contribution >= 4 is 23.2 Å². The summed E-state index contributed by atoms with van der Waals surface area (Å²) < 4.78 is 5.66. The molecule has 0 spiro atoms. The summed E-state index contributed by atoms with van der Waals surface area (Å²) in [4.78, 5) is 6.17. The third kappa shape index (κ3) is 5.88. The molecule has 0 aromatic heterocycles. The molecule has 2 N–H and O–H groups in total. The highest BCUT2D eigenvalue weighted by Crippen LogP contribution is 2.25. The van der Waals surface area contributed by atoms with E-state index in [0.29, 0.717) is 23.3 Å². The second-order valence-corrected chi connectivity index (χ2v) is 9.40. The SMILES string of the molecule is CCc1ccc(C(=N)/C=C(\OC)C2=C(C)NCC(c3ccc(SC(C)C)cc3)=N2)cc1. The number of ether oxygens (including phenoxy) is 1. The minimum atomic E-state index is 0.400. The van der Waals surface area contributed by atoms with Crippen molar-refractivity contribution in [3.05, 3.63) is 88.5 Å². The van der Waals surface area contributed by atoms with Crippen molar-refractivity contribution < 1.29 is 4.74 Å². The Labute approximate surface area is 190 Å². The number of hydrogen-bond donors (Lipinski definition) is 2. The van der Waals surface area contributed by atoms with E-state index in [-0.39, 0.29) is 0 Å². The van der Waals surface area contributed by atoms with E-state index in [1.807, 2.05) is 30.8 Å². The van der Waals surface area contributed by atoms with Gasteiger partial charge >= 0.3 is 0 Å². The van der Waals surface area contributed by atoms with Crippen molar-refractivity contribution in [2.45, 2.75) is 44.3 Å². The smallest absolute Gasteiger partial charge is 0.148 e. The summed E-state index contributed by atoms with van der Waals surface area (Å²) in [5.74, 6) is 0.582. The van der Waals surface area contributed by atoms with Crippen LogP contribution in [0.1, 0.15) is 44.4 Å². The molecule has 0 saturated carbocycles. The van der Waals surface area contributed by atoms with Crippen LogP contribution in [0.4, 0.5) is 0 Å². The molecule has 1 aliphatic rings. The highest BCUT2D eigenvalue weighted by Gasteiger charge is 2.18. The summed E-state index contributed by atoms with van der Waals surface area (Å²) in [5, 5.41) is 12.5. The average Bonchev–Trinajstić information content (AvgIpc) is 2.78. The number of nitrogens with zero attached hydrogens (tertiary/aromatic N) is 1. The zero-order valence-corrected chi connectivity index (χ0v) is 19.8. The molecule has 0 bridgehead atoms. The minimum Gasteiger partial charge on any atom is -0.494 e. The molecule has 1 aliphatic heterocycles. The van der Waals surface area contributed by atoms with E-state index in [1.165, 1.54) is 10.5 Å². The van der Waals surface area contributed by atoms with Crippen molar-refractivity contribution in [1.82, 2.24) is 5.32 Å². The van der Waals surface area contributed by atoms with Crippen LogP contribution in [0.5, 0.6) is 0 Å². The summed E-state index contributed by atoms with van der Waals surface area (Å²) in [5.41, 5.74) is 6.25. The van der Waals surface area contributed by atoms with Crippen LogP contribution in [0, 0.1) is 5.41 Å². The molecule has 2 aromatic rings. The van der Waals surface area contributed by atoms with Gasteiger partial charge in [-0.25, -0.2) is 4.99 Å². The molecule has 162 valence electrons. The van der Waals surface area contributed by atoms with Crippen LogP contribution in [-0.4, -0.2) is 30.3 Å². The van der Waals surface area contributed by atoms with E-state index in [1.54, 1.807) is 13.2 Å². The Hall–Kier alpha value is -2.79. The lowest BCUT2D eigenvalue weighted by Crippen LogP contribution is -2.28. The monoisotopic (exact) mass is 433 g/mol. The van der Waals surface area contributed by atoms with Crippen molar-refractivity contribution in [2.75, 3.05) is 13.7 Å².